The molecule has 10 heteroatoms. The van der Waals surface area contributed by atoms with Gasteiger partial charge in [-0.2, -0.15) is 5.10 Å². The van der Waals surface area contributed by atoms with E-state index in [-0.39, 0.29) is 6.04 Å². The fraction of sp³-hybridized carbons (Fsp3) is 0.467. The lowest BCUT2D eigenvalue weighted by Gasteiger charge is -2.37. The van der Waals surface area contributed by atoms with E-state index < -0.39 is 23.7 Å². The van der Waals surface area contributed by atoms with Crippen molar-refractivity contribution in [2.45, 2.75) is 39.2 Å². The van der Waals surface area contributed by atoms with Crippen LogP contribution in [0.15, 0.2) is 48.7 Å². The number of anilines is 2. The van der Waals surface area contributed by atoms with Gasteiger partial charge in [0, 0.05) is 67.8 Å². The normalized spacial score (nSPS) is 18.6. The molecule has 2 aromatic carbocycles. The average Bonchev–Trinajstić information content (AvgIpc) is 3.40. The van der Waals surface area contributed by atoms with Gasteiger partial charge in [0.05, 0.1) is 12.2 Å². The number of piperidine rings is 1. The lowest BCUT2D eigenvalue weighted by Crippen LogP contribution is -2.47. The molecule has 3 aromatic rings. The lowest BCUT2D eigenvalue weighted by molar-refractivity contribution is 0.0681. The van der Waals surface area contributed by atoms with E-state index >= 15 is 0 Å². The molecule has 1 N–H and O–H groups in total. The van der Waals surface area contributed by atoms with Gasteiger partial charge in [0.25, 0.3) is 6.43 Å². The molecule has 0 bridgehead atoms. The second kappa shape index (κ2) is 12.1. The van der Waals surface area contributed by atoms with E-state index in [1.54, 1.807) is 0 Å². The van der Waals surface area contributed by atoms with Crippen LogP contribution in [0.25, 0.3) is 11.1 Å². The molecule has 40 heavy (non-hydrogen) atoms. The average molecular weight is 572 g/mol. The minimum Gasteiger partial charge on any atom is -0.478 e. The van der Waals surface area contributed by atoms with Crippen LogP contribution in [0.1, 0.15) is 55.2 Å². The summed E-state index contributed by atoms with van der Waals surface area (Å²) < 4.78 is 28.9. The number of aromatic carboxylic acids is 1. The molecule has 5 rings (SSSR count). The summed E-state index contributed by atoms with van der Waals surface area (Å²) in [4.78, 5) is 18.6. The smallest absolute Gasteiger partial charge is 0.339 e. The molecular weight excluding hydrogens is 536 g/mol. The maximum Gasteiger partial charge on any atom is 0.339 e. The molecule has 7 nitrogen and oxygen atoms in total. The van der Waals surface area contributed by atoms with Crippen molar-refractivity contribution >= 4 is 28.9 Å². The van der Waals surface area contributed by atoms with Gasteiger partial charge < -0.3 is 14.9 Å². The number of rotatable bonds is 8. The Morgan fingerprint density at radius 2 is 1.77 bits per heavy atom. The zero-order chi connectivity index (χ0) is 28.4. The van der Waals surface area contributed by atoms with Crippen LogP contribution < -0.4 is 9.80 Å². The summed E-state index contributed by atoms with van der Waals surface area (Å²) in [6, 6.07) is 14.0. The summed E-state index contributed by atoms with van der Waals surface area (Å²) in [6.45, 7) is 10.9. The van der Waals surface area contributed by atoms with Gasteiger partial charge in [-0.25, -0.2) is 13.6 Å². The van der Waals surface area contributed by atoms with Crippen molar-refractivity contribution in [2.24, 2.45) is 5.92 Å². The largest absolute Gasteiger partial charge is 0.478 e. The zero-order valence-corrected chi connectivity index (χ0v) is 23.7. The molecule has 2 aliphatic heterocycles. The Morgan fingerprint density at radius 1 is 1.05 bits per heavy atom. The highest BCUT2D eigenvalue weighted by Crippen LogP contribution is 2.38. The van der Waals surface area contributed by atoms with E-state index in [0.29, 0.717) is 23.9 Å². The molecule has 0 aliphatic carbocycles. The molecular formula is C30H36ClF2N5O2. The summed E-state index contributed by atoms with van der Waals surface area (Å²) in [5.74, 6) is -0.727. The maximum atomic E-state index is 13.9. The van der Waals surface area contributed by atoms with E-state index in [2.05, 4.69) is 57.9 Å². The van der Waals surface area contributed by atoms with Crippen LogP contribution in [-0.4, -0.2) is 71.6 Å². The molecule has 2 fully saturated rings. The number of halogens is 3. The Kier molecular flexibility index (Phi) is 8.61. The van der Waals surface area contributed by atoms with Crippen LogP contribution in [-0.2, 0) is 0 Å². The molecule has 1 unspecified atom stereocenters. The second-order valence-electron chi connectivity index (χ2n) is 11.1. The van der Waals surface area contributed by atoms with Crippen molar-refractivity contribution in [1.82, 2.24) is 14.7 Å². The quantitative estimate of drug-likeness (QED) is 0.335. The van der Waals surface area contributed by atoms with Gasteiger partial charge >= 0.3 is 5.97 Å². The SMILES string of the molecule is CC(C)CN1CCN(c2ccc(-c3ccc(Cl)cc3N3CCCC(n4ncc(C(=O)O)c4C(F)F)C3)cc2)CC1. The van der Waals surface area contributed by atoms with E-state index in [4.69, 9.17) is 11.6 Å². The highest BCUT2D eigenvalue weighted by atomic mass is 35.5. The van der Waals surface area contributed by atoms with Crippen molar-refractivity contribution in [3.8, 4) is 11.1 Å². The standard InChI is InChI=1S/C30H36ClF2N5O2/c1-20(2)18-35-12-14-36(15-13-35)23-8-5-21(6-9-23)25-10-7-22(31)16-27(25)37-11-3-4-24(19-37)38-28(29(32)33)26(17-34-38)30(39)40/h5-10,16-17,20,24,29H,3-4,11-15,18-19H2,1-2H3,(H,39,40). The fourth-order valence-electron chi connectivity index (χ4n) is 5.99. The van der Waals surface area contributed by atoms with E-state index in [0.717, 1.165) is 68.7 Å². The molecule has 0 spiro atoms. The number of nitrogens with zero attached hydrogens (tertiary/aromatic N) is 5. The molecule has 2 saturated heterocycles. The van der Waals surface area contributed by atoms with Crippen LogP contribution >= 0.6 is 11.6 Å². The number of hydrogen-bond acceptors (Lipinski definition) is 5. The summed E-state index contributed by atoms with van der Waals surface area (Å²) in [7, 11) is 0. The summed E-state index contributed by atoms with van der Waals surface area (Å²) in [5, 5.41) is 14.0. The van der Waals surface area contributed by atoms with Gasteiger partial charge in [0.15, 0.2) is 0 Å². The third kappa shape index (κ3) is 6.10. The molecule has 1 aromatic heterocycles. The Labute approximate surface area is 238 Å². The van der Waals surface area contributed by atoms with Gasteiger partial charge in [-0.1, -0.05) is 43.6 Å². The highest BCUT2D eigenvalue weighted by Gasteiger charge is 2.31. The number of benzene rings is 2. The van der Waals surface area contributed by atoms with Crippen molar-refractivity contribution in [2.75, 3.05) is 55.6 Å². The molecule has 2 aliphatic rings. The van der Waals surface area contributed by atoms with Crippen molar-refractivity contribution in [1.29, 1.82) is 0 Å². The predicted octanol–water partition coefficient (Wildman–Crippen LogP) is 6.46. The topological polar surface area (TPSA) is 64.8 Å². The number of alkyl halides is 2. The van der Waals surface area contributed by atoms with Crippen LogP contribution in [0.2, 0.25) is 5.02 Å². The number of carbonyl (C=O) groups is 1. The number of hydrogen-bond donors (Lipinski definition) is 1. The fourth-order valence-corrected chi connectivity index (χ4v) is 6.15. The van der Waals surface area contributed by atoms with E-state index in [9.17, 15) is 18.7 Å². The molecule has 1 atom stereocenters. The van der Waals surface area contributed by atoms with Crippen molar-refractivity contribution in [3.05, 3.63) is 64.9 Å². The lowest BCUT2D eigenvalue weighted by atomic mass is 9.99. The monoisotopic (exact) mass is 571 g/mol. The third-order valence-corrected chi connectivity index (χ3v) is 8.09. The van der Waals surface area contributed by atoms with Gasteiger partial charge in [0.2, 0.25) is 0 Å². The summed E-state index contributed by atoms with van der Waals surface area (Å²) in [5.41, 5.74) is 3.21. The molecule has 0 saturated carbocycles. The number of piperazine rings is 1. The van der Waals surface area contributed by atoms with E-state index in [1.807, 2.05) is 18.2 Å². The summed E-state index contributed by atoms with van der Waals surface area (Å²) >= 11 is 6.43. The van der Waals surface area contributed by atoms with Crippen LogP contribution in [0.3, 0.4) is 0 Å². The molecule has 0 amide bonds. The Hall–Kier alpha value is -3.17. The van der Waals surface area contributed by atoms with Gasteiger partial charge in [-0.05, 0) is 48.6 Å². The van der Waals surface area contributed by atoms with Gasteiger partial charge in [-0.15, -0.1) is 0 Å². The first-order valence-corrected chi connectivity index (χ1v) is 14.3. The second-order valence-corrected chi connectivity index (χ2v) is 11.6. The zero-order valence-electron chi connectivity index (χ0n) is 22.9. The maximum absolute atomic E-state index is 13.9. The van der Waals surface area contributed by atoms with Gasteiger partial charge in [-0.3, -0.25) is 9.58 Å². The Balaban J connectivity index is 1.36. The number of aromatic nitrogens is 2. The highest BCUT2D eigenvalue weighted by molar-refractivity contribution is 6.31. The van der Waals surface area contributed by atoms with Crippen LogP contribution in [0.5, 0.6) is 0 Å². The molecule has 3 heterocycles. The van der Waals surface area contributed by atoms with E-state index in [1.165, 1.54) is 10.4 Å². The van der Waals surface area contributed by atoms with Gasteiger partial charge in [0.1, 0.15) is 11.3 Å². The van der Waals surface area contributed by atoms with Crippen LogP contribution in [0, 0.1) is 5.92 Å². The van der Waals surface area contributed by atoms with Crippen LogP contribution in [0.4, 0.5) is 20.2 Å². The first-order valence-electron chi connectivity index (χ1n) is 13.9. The van der Waals surface area contributed by atoms with Crippen molar-refractivity contribution < 1.29 is 18.7 Å². The third-order valence-electron chi connectivity index (χ3n) is 7.85. The Morgan fingerprint density at radius 3 is 2.42 bits per heavy atom. The number of carboxylic acids is 1. The molecule has 0 radical (unpaired) electrons. The minimum absolute atomic E-state index is 0.380. The Bertz CT molecular complexity index is 1320. The molecule has 214 valence electrons. The first-order chi connectivity index (χ1) is 19.2. The number of carboxylic acid groups (broad SMARTS) is 1. The first kappa shape index (κ1) is 28.4. The predicted molar refractivity (Wildman–Crippen MR) is 155 cm³/mol. The summed E-state index contributed by atoms with van der Waals surface area (Å²) in [6.07, 6.45) is -0.517. The minimum atomic E-state index is -2.93. The van der Waals surface area contributed by atoms with Crippen molar-refractivity contribution in [3.63, 3.8) is 0 Å².